The predicted molar refractivity (Wildman–Crippen MR) is 88.6 cm³/mol. The minimum absolute atomic E-state index is 0.161. The molecule has 25 heavy (non-hydrogen) atoms. The average molecular weight is 340 g/mol. The second-order valence-electron chi connectivity index (χ2n) is 6.95. The molecule has 3 rings (SSSR count). The van der Waals surface area contributed by atoms with Crippen molar-refractivity contribution in [2.24, 2.45) is 0 Å². The highest BCUT2D eigenvalue weighted by atomic mass is 16.5. The molecule has 0 saturated carbocycles. The van der Waals surface area contributed by atoms with Crippen molar-refractivity contribution in [2.45, 2.75) is 32.3 Å². The van der Waals surface area contributed by atoms with E-state index in [2.05, 4.69) is 20.2 Å². The number of pyridine rings is 1. The maximum absolute atomic E-state index is 12.6. The number of carbonyl (C=O) groups is 1. The molecule has 8 nitrogen and oxygen atoms in total. The maximum atomic E-state index is 12.6. The lowest BCUT2D eigenvalue weighted by molar-refractivity contribution is -0.0268. The molecule has 0 bridgehead atoms. The number of carbonyl (C=O) groups excluding carboxylic acids is 1. The molecule has 2 aromatic rings. The first-order valence-electron chi connectivity index (χ1n) is 8.08. The molecule has 3 heterocycles. The second kappa shape index (κ2) is 6.61. The summed E-state index contributed by atoms with van der Waals surface area (Å²) in [6.45, 7) is 7.38. The number of nitrogens with one attached hydrogen (secondary N) is 1. The number of nitrogens with zero attached hydrogens (tertiary/aromatic N) is 5. The molecule has 1 atom stereocenters. The fourth-order valence-corrected chi connectivity index (χ4v) is 2.50. The Kier molecular flexibility index (Phi) is 4.51. The topological polar surface area (TPSA) is 108 Å². The van der Waals surface area contributed by atoms with Crippen molar-refractivity contribution in [3.63, 3.8) is 0 Å². The summed E-state index contributed by atoms with van der Waals surface area (Å²) < 4.78 is 5.75. The molecule has 2 aromatic heterocycles. The number of aromatic nitrogens is 4. The highest BCUT2D eigenvalue weighted by molar-refractivity contribution is 5.92. The third kappa shape index (κ3) is 3.67. The van der Waals surface area contributed by atoms with E-state index in [1.165, 1.54) is 6.20 Å². The van der Waals surface area contributed by atoms with Gasteiger partial charge >= 0.3 is 0 Å². The number of amides is 1. The first-order valence-corrected chi connectivity index (χ1v) is 8.08. The summed E-state index contributed by atoms with van der Waals surface area (Å²) in [5.74, 6) is 1.15. The Hall–Kier alpha value is -2.79. The minimum atomic E-state index is -0.348. The number of rotatable bonds is 2. The average Bonchev–Trinajstić information content (AvgIpc) is 3.12. The van der Waals surface area contributed by atoms with Gasteiger partial charge < -0.3 is 9.64 Å². The molecular weight excluding hydrogens is 320 g/mol. The Morgan fingerprint density at radius 3 is 2.84 bits per heavy atom. The molecule has 0 aromatic carbocycles. The van der Waals surface area contributed by atoms with Crippen LogP contribution in [-0.2, 0) is 10.2 Å². The standard InChI is InChI=1S/C17H20N6O2/c1-17(2,3)16-20-14(21-22-16)13-10-23(6-7-25-13)15(24)12-5-4-11(8-18)9-19-12/h4-5,9,13H,6-7,10H2,1-3H3,(H,20,21,22). The van der Waals surface area contributed by atoms with E-state index in [0.717, 1.165) is 0 Å². The zero-order chi connectivity index (χ0) is 18.0. The quantitative estimate of drug-likeness (QED) is 0.889. The molecule has 0 aliphatic carbocycles. The number of nitriles is 1. The van der Waals surface area contributed by atoms with E-state index in [9.17, 15) is 4.79 Å². The summed E-state index contributed by atoms with van der Waals surface area (Å²) >= 11 is 0. The molecule has 8 heteroatoms. The second-order valence-corrected chi connectivity index (χ2v) is 6.95. The SMILES string of the molecule is CC(C)(C)c1n[nH]c(C2CN(C(=O)c3ccc(C#N)cn3)CCO2)n1. The van der Waals surface area contributed by atoms with Crippen molar-refractivity contribution in [1.82, 2.24) is 25.1 Å². The van der Waals surface area contributed by atoms with Crippen LogP contribution in [0.1, 0.15) is 54.6 Å². The first-order chi connectivity index (χ1) is 11.9. The molecule has 1 aliphatic rings. The van der Waals surface area contributed by atoms with Crippen LogP contribution < -0.4 is 0 Å². The van der Waals surface area contributed by atoms with Crippen LogP contribution in [-0.4, -0.2) is 50.7 Å². The van der Waals surface area contributed by atoms with Crippen LogP contribution in [0.15, 0.2) is 18.3 Å². The maximum Gasteiger partial charge on any atom is 0.272 e. The highest BCUT2D eigenvalue weighted by Gasteiger charge is 2.30. The summed E-state index contributed by atoms with van der Waals surface area (Å²) in [6.07, 6.45) is 1.05. The smallest absolute Gasteiger partial charge is 0.272 e. The van der Waals surface area contributed by atoms with Crippen LogP contribution in [0.2, 0.25) is 0 Å². The van der Waals surface area contributed by atoms with Crippen molar-refractivity contribution in [3.8, 4) is 6.07 Å². The van der Waals surface area contributed by atoms with E-state index in [0.29, 0.717) is 42.6 Å². The van der Waals surface area contributed by atoms with Crippen LogP contribution in [0.25, 0.3) is 0 Å². The van der Waals surface area contributed by atoms with Gasteiger partial charge in [-0.25, -0.2) is 9.97 Å². The molecule has 130 valence electrons. The Labute approximate surface area is 145 Å². The minimum Gasteiger partial charge on any atom is -0.367 e. The van der Waals surface area contributed by atoms with Gasteiger partial charge in [-0.15, -0.1) is 0 Å². The highest BCUT2D eigenvalue weighted by Crippen LogP contribution is 2.23. The number of morpholine rings is 1. The lowest BCUT2D eigenvalue weighted by atomic mass is 9.96. The van der Waals surface area contributed by atoms with E-state index in [1.54, 1.807) is 17.0 Å². The number of hydrogen-bond acceptors (Lipinski definition) is 6. The van der Waals surface area contributed by atoms with Crippen LogP contribution in [0.3, 0.4) is 0 Å². The third-order valence-corrected chi connectivity index (χ3v) is 3.94. The molecule has 1 amide bonds. The number of ether oxygens (including phenoxy) is 1. The van der Waals surface area contributed by atoms with Gasteiger partial charge in [-0.1, -0.05) is 20.8 Å². The Morgan fingerprint density at radius 2 is 2.24 bits per heavy atom. The third-order valence-electron chi connectivity index (χ3n) is 3.94. The van der Waals surface area contributed by atoms with E-state index in [1.807, 2.05) is 26.8 Å². The normalized spacial score (nSPS) is 18.0. The molecule has 0 spiro atoms. The summed E-state index contributed by atoms with van der Waals surface area (Å²) in [5.41, 5.74) is 0.575. The molecule has 1 saturated heterocycles. The summed E-state index contributed by atoms with van der Waals surface area (Å²) in [6, 6.07) is 5.14. The van der Waals surface area contributed by atoms with Crippen LogP contribution >= 0.6 is 0 Å². The van der Waals surface area contributed by atoms with E-state index in [-0.39, 0.29) is 17.4 Å². The van der Waals surface area contributed by atoms with Crippen LogP contribution in [0, 0.1) is 11.3 Å². The van der Waals surface area contributed by atoms with Gasteiger partial charge in [-0.2, -0.15) is 10.4 Å². The number of aromatic amines is 1. The lowest BCUT2D eigenvalue weighted by Crippen LogP contribution is -2.42. The van der Waals surface area contributed by atoms with E-state index in [4.69, 9.17) is 10.00 Å². The first kappa shape index (κ1) is 17.0. The number of H-pyrrole nitrogens is 1. The fourth-order valence-electron chi connectivity index (χ4n) is 2.50. The van der Waals surface area contributed by atoms with Crippen LogP contribution in [0.4, 0.5) is 0 Å². The van der Waals surface area contributed by atoms with Crippen molar-refractivity contribution in [3.05, 3.63) is 41.2 Å². The Balaban J connectivity index is 1.73. The van der Waals surface area contributed by atoms with Gasteiger partial charge in [0.1, 0.15) is 17.9 Å². The van der Waals surface area contributed by atoms with Gasteiger partial charge in [0.05, 0.1) is 18.7 Å². The zero-order valence-electron chi connectivity index (χ0n) is 14.5. The largest absolute Gasteiger partial charge is 0.367 e. The van der Waals surface area contributed by atoms with Gasteiger partial charge in [0.15, 0.2) is 11.6 Å². The molecule has 1 N–H and O–H groups in total. The summed E-state index contributed by atoms with van der Waals surface area (Å²) in [5, 5.41) is 16.0. The van der Waals surface area contributed by atoms with Gasteiger partial charge in [0.2, 0.25) is 0 Å². The van der Waals surface area contributed by atoms with E-state index < -0.39 is 0 Å². The zero-order valence-corrected chi connectivity index (χ0v) is 14.5. The Bertz CT molecular complexity index is 800. The Morgan fingerprint density at radius 1 is 1.44 bits per heavy atom. The molecule has 0 radical (unpaired) electrons. The molecule has 1 fully saturated rings. The molecule has 1 unspecified atom stereocenters. The summed E-state index contributed by atoms with van der Waals surface area (Å²) in [7, 11) is 0. The lowest BCUT2D eigenvalue weighted by Gasteiger charge is -2.31. The van der Waals surface area contributed by atoms with Gasteiger partial charge in [-0.3, -0.25) is 9.89 Å². The van der Waals surface area contributed by atoms with Gasteiger partial charge in [0.25, 0.3) is 5.91 Å². The molecular formula is C17H20N6O2. The summed E-state index contributed by atoms with van der Waals surface area (Å²) in [4.78, 5) is 22.9. The van der Waals surface area contributed by atoms with Crippen molar-refractivity contribution >= 4 is 5.91 Å². The van der Waals surface area contributed by atoms with Crippen molar-refractivity contribution in [1.29, 1.82) is 5.26 Å². The van der Waals surface area contributed by atoms with Crippen LogP contribution in [0.5, 0.6) is 0 Å². The fraction of sp³-hybridized carbons (Fsp3) is 0.471. The van der Waals surface area contributed by atoms with Crippen molar-refractivity contribution < 1.29 is 9.53 Å². The van der Waals surface area contributed by atoms with Crippen molar-refractivity contribution in [2.75, 3.05) is 19.7 Å². The monoisotopic (exact) mass is 340 g/mol. The van der Waals surface area contributed by atoms with Gasteiger partial charge in [-0.05, 0) is 12.1 Å². The predicted octanol–water partition coefficient (Wildman–Crippen LogP) is 1.58. The molecule has 1 aliphatic heterocycles. The van der Waals surface area contributed by atoms with E-state index >= 15 is 0 Å². The number of hydrogen-bond donors (Lipinski definition) is 1. The van der Waals surface area contributed by atoms with Gasteiger partial charge in [0, 0.05) is 18.2 Å².